The van der Waals surface area contributed by atoms with Crippen LogP contribution < -0.4 is 0 Å². The summed E-state index contributed by atoms with van der Waals surface area (Å²) in [6, 6.07) is 2.12. The molecule has 1 heterocycles. The minimum Gasteiger partial charge on any atom is -0.477 e. The molecule has 1 aromatic heterocycles. The summed E-state index contributed by atoms with van der Waals surface area (Å²) in [6.45, 7) is 5.13. The second-order valence-corrected chi connectivity index (χ2v) is 4.27. The van der Waals surface area contributed by atoms with Crippen LogP contribution in [0, 0.1) is 0 Å². The van der Waals surface area contributed by atoms with Gasteiger partial charge in [-0.25, -0.2) is 4.79 Å². The third-order valence-corrected chi connectivity index (χ3v) is 2.75. The number of aryl methyl sites for hydroxylation is 1. The van der Waals surface area contributed by atoms with Crippen LogP contribution in [0.1, 0.15) is 30.0 Å². The van der Waals surface area contributed by atoms with E-state index >= 15 is 0 Å². The number of aromatic nitrogens is 2. The highest BCUT2D eigenvalue weighted by Crippen LogP contribution is 2.05. The van der Waals surface area contributed by atoms with Gasteiger partial charge in [0.15, 0.2) is 0 Å². The van der Waals surface area contributed by atoms with Gasteiger partial charge in [-0.1, -0.05) is 0 Å². The first-order chi connectivity index (χ1) is 7.41. The number of nitrogens with zero attached hydrogens (tertiary/aromatic N) is 3. The summed E-state index contributed by atoms with van der Waals surface area (Å²) in [7, 11) is 3.70. The molecular formula is C11H19N3O2. The summed E-state index contributed by atoms with van der Waals surface area (Å²) in [5.41, 5.74) is 1.06. The van der Waals surface area contributed by atoms with Crippen LogP contribution in [0.4, 0.5) is 0 Å². The van der Waals surface area contributed by atoms with E-state index in [0.29, 0.717) is 6.04 Å². The summed E-state index contributed by atoms with van der Waals surface area (Å²) in [4.78, 5) is 13.0. The van der Waals surface area contributed by atoms with E-state index in [1.54, 1.807) is 13.1 Å². The summed E-state index contributed by atoms with van der Waals surface area (Å²) < 4.78 is 1.41. The van der Waals surface area contributed by atoms with Gasteiger partial charge in [0.25, 0.3) is 0 Å². The SMILES string of the molecule is CC(C)N(C)CCc1cc(C(=O)O)n(C)n1. The van der Waals surface area contributed by atoms with Crippen LogP contribution in [0.25, 0.3) is 0 Å². The first kappa shape index (κ1) is 12.7. The molecule has 5 nitrogen and oxygen atoms in total. The van der Waals surface area contributed by atoms with Crippen molar-refractivity contribution < 1.29 is 9.90 Å². The Balaban J connectivity index is 2.62. The highest BCUT2D eigenvalue weighted by Gasteiger charge is 2.12. The topological polar surface area (TPSA) is 58.4 Å². The smallest absolute Gasteiger partial charge is 0.354 e. The van der Waals surface area contributed by atoms with Crippen molar-refractivity contribution >= 4 is 5.97 Å². The third-order valence-electron chi connectivity index (χ3n) is 2.75. The normalized spacial score (nSPS) is 11.4. The molecule has 0 saturated carbocycles. The molecule has 0 saturated heterocycles. The maximum Gasteiger partial charge on any atom is 0.354 e. The largest absolute Gasteiger partial charge is 0.477 e. The highest BCUT2D eigenvalue weighted by molar-refractivity contribution is 5.85. The fraction of sp³-hybridized carbons (Fsp3) is 0.636. The second kappa shape index (κ2) is 5.12. The van der Waals surface area contributed by atoms with Gasteiger partial charge in [0.05, 0.1) is 5.69 Å². The number of aromatic carboxylic acids is 1. The molecular weight excluding hydrogens is 206 g/mol. The maximum atomic E-state index is 10.8. The Bertz CT molecular complexity index is 371. The Hall–Kier alpha value is -1.36. The number of likely N-dealkylation sites (N-methyl/N-ethyl adjacent to an activating group) is 1. The molecule has 5 heteroatoms. The monoisotopic (exact) mass is 225 g/mol. The van der Waals surface area contributed by atoms with E-state index in [-0.39, 0.29) is 5.69 Å². The minimum atomic E-state index is -0.932. The number of carboxylic acids is 1. The van der Waals surface area contributed by atoms with E-state index < -0.39 is 5.97 Å². The number of carboxylic acid groups (broad SMARTS) is 1. The van der Waals surface area contributed by atoms with Gasteiger partial charge in [0.2, 0.25) is 0 Å². The zero-order valence-corrected chi connectivity index (χ0v) is 10.3. The van der Waals surface area contributed by atoms with E-state index in [1.165, 1.54) is 4.68 Å². The van der Waals surface area contributed by atoms with E-state index in [4.69, 9.17) is 5.11 Å². The first-order valence-corrected chi connectivity index (χ1v) is 5.38. The van der Waals surface area contributed by atoms with Crippen LogP contribution in [0.5, 0.6) is 0 Å². The van der Waals surface area contributed by atoms with Crippen LogP contribution in [0.3, 0.4) is 0 Å². The molecule has 1 N–H and O–H groups in total. The van der Waals surface area contributed by atoms with Gasteiger partial charge in [-0.3, -0.25) is 4.68 Å². The van der Waals surface area contributed by atoms with Crippen molar-refractivity contribution in [3.63, 3.8) is 0 Å². The van der Waals surface area contributed by atoms with E-state index in [0.717, 1.165) is 18.7 Å². The van der Waals surface area contributed by atoms with Crippen LogP contribution in [0.15, 0.2) is 6.07 Å². The molecule has 0 aromatic carbocycles. The van der Waals surface area contributed by atoms with Crippen molar-refractivity contribution in [3.8, 4) is 0 Å². The molecule has 0 atom stereocenters. The van der Waals surface area contributed by atoms with E-state index in [1.807, 2.05) is 7.05 Å². The Morgan fingerprint density at radius 2 is 2.25 bits per heavy atom. The average Bonchev–Trinajstić information content (AvgIpc) is 2.56. The summed E-state index contributed by atoms with van der Waals surface area (Å²) in [6.07, 6.45) is 0.774. The van der Waals surface area contributed by atoms with Crippen molar-refractivity contribution in [2.45, 2.75) is 26.3 Å². The Labute approximate surface area is 95.7 Å². The molecule has 0 aliphatic rings. The lowest BCUT2D eigenvalue weighted by atomic mass is 10.2. The predicted octanol–water partition coefficient (Wildman–Crippen LogP) is 1.00. The number of hydrogen-bond acceptors (Lipinski definition) is 3. The average molecular weight is 225 g/mol. The fourth-order valence-electron chi connectivity index (χ4n) is 1.40. The second-order valence-electron chi connectivity index (χ2n) is 4.27. The van der Waals surface area contributed by atoms with Crippen molar-refractivity contribution in [2.75, 3.05) is 13.6 Å². The van der Waals surface area contributed by atoms with Gasteiger partial charge in [-0.05, 0) is 27.0 Å². The lowest BCUT2D eigenvalue weighted by Gasteiger charge is -2.19. The molecule has 0 fully saturated rings. The standard InChI is InChI=1S/C11H19N3O2/c1-8(2)13(3)6-5-9-7-10(11(15)16)14(4)12-9/h7-8H,5-6H2,1-4H3,(H,15,16). The van der Waals surface area contributed by atoms with Crippen molar-refractivity contribution in [1.82, 2.24) is 14.7 Å². The zero-order valence-electron chi connectivity index (χ0n) is 10.3. The van der Waals surface area contributed by atoms with Crippen LogP contribution >= 0.6 is 0 Å². The number of rotatable bonds is 5. The van der Waals surface area contributed by atoms with Crippen LogP contribution in [0.2, 0.25) is 0 Å². The Morgan fingerprint density at radius 1 is 1.62 bits per heavy atom. The maximum absolute atomic E-state index is 10.8. The van der Waals surface area contributed by atoms with E-state index in [9.17, 15) is 4.79 Å². The van der Waals surface area contributed by atoms with Crippen molar-refractivity contribution in [2.24, 2.45) is 7.05 Å². The summed E-state index contributed by atoms with van der Waals surface area (Å²) >= 11 is 0. The lowest BCUT2D eigenvalue weighted by Crippen LogP contribution is -2.28. The molecule has 0 amide bonds. The molecule has 16 heavy (non-hydrogen) atoms. The predicted molar refractivity (Wildman–Crippen MR) is 61.6 cm³/mol. The molecule has 1 aromatic rings. The van der Waals surface area contributed by atoms with Gasteiger partial charge in [0, 0.05) is 26.1 Å². The van der Waals surface area contributed by atoms with Crippen molar-refractivity contribution in [3.05, 3.63) is 17.5 Å². The highest BCUT2D eigenvalue weighted by atomic mass is 16.4. The Kier molecular flexibility index (Phi) is 4.06. The van der Waals surface area contributed by atoms with Crippen LogP contribution in [-0.4, -0.2) is 45.4 Å². The molecule has 0 unspecified atom stereocenters. The van der Waals surface area contributed by atoms with Gasteiger partial charge in [-0.2, -0.15) is 5.10 Å². The molecule has 90 valence electrons. The molecule has 0 aliphatic heterocycles. The summed E-state index contributed by atoms with van der Waals surface area (Å²) in [5.74, 6) is -0.932. The minimum absolute atomic E-state index is 0.238. The number of carbonyl (C=O) groups is 1. The van der Waals surface area contributed by atoms with Gasteiger partial charge in [0.1, 0.15) is 5.69 Å². The molecule has 0 bridgehead atoms. The van der Waals surface area contributed by atoms with Gasteiger partial charge < -0.3 is 10.0 Å². The lowest BCUT2D eigenvalue weighted by molar-refractivity contribution is 0.0685. The zero-order chi connectivity index (χ0) is 12.3. The van der Waals surface area contributed by atoms with Crippen LogP contribution in [-0.2, 0) is 13.5 Å². The quantitative estimate of drug-likeness (QED) is 0.812. The first-order valence-electron chi connectivity index (χ1n) is 5.38. The molecule has 0 radical (unpaired) electrons. The van der Waals surface area contributed by atoms with E-state index in [2.05, 4.69) is 23.8 Å². The fourth-order valence-corrected chi connectivity index (χ4v) is 1.40. The van der Waals surface area contributed by atoms with Crippen molar-refractivity contribution in [1.29, 1.82) is 0 Å². The number of hydrogen-bond donors (Lipinski definition) is 1. The van der Waals surface area contributed by atoms with Gasteiger partial charge >= 0.3 is 5.97 Å². The van der Waals surface area contributed by atoms with Gasteiger partial charge in [-0.15, -0.1) is 0 Å². The molecule has 0 spiro atoms. The molecule has 1 rings (SSSR count). The summed E-state index contributed by atoms with van der Waals surface area (Å²) in [5, 5.41) is 13.0. The molecule has 0 aliphatic carbocycles. The third kappa shape index (κ3) is 3.06. The Morgan fingerprint density at radius 3 is 2.69 bits per heavy atom.